The summed E-state index contributed by atoms with van der Waals surface area (Å²) in [7, 11) is 0. The molecule has 1 aliphatic heterocycles. The van der Waals surface area contributed by atoms with Crippen LogP contribution >= 0.6 is 0 Å². The van der Waals surface area contributed by atoms with Crippen molar-refractivity contribution < 1.29 is 22.5 Å². The third-order valence-corrected chi connectivity index (χ3v) is 5.30. The molecule has 0 saturated carbocycles. The monoisotopic (exact) mass is 439 g/mol. The molecular weight excluding hydrogens is 411 g/mol. The third-order valence-electron chi connectivity index (χ3n) is 5.30. The number of halogens is 3. The molecule has 0 bridgehead atoms. The Kier molecular flexibility index (Phi) is 6.70. The van der Waals surface area contributed by atoms with Crippen LogP contribution in [0.3, 0.4) is 0 Å². The second-order valence-electron chi connectivity index (χ2n) is 8.79. The van der Waals surface area contributed by atoms with Gasteiger partial charge in [0.1, 0.15) is 0 Å². The number of nitrogens with zero attached hydrogens (tertiary/aromatic N) is 4. The molecule has 170 valence electrons. The summed E-state index contributed by atoms with van der Waals surface area (Å²) in [6.45, 7) is 10.7. The average molecular weight is 439 g/mol. The van der Waals surface area contributed by atoms with E-state index in [0.29, 0.717) is 37.9 Å². The number of para-hydroxylation sites is 1. The van der Waals surface area contributed by atoms with Crippen molar-refractivity contribution in [2.24, 2.45) is 0 Å². The third kappa shape index (κ3) is 5.82. The number of rotatable bonds is 5. The van der Waals surface area contributed by atoms with Crippen molar-refractivity contribution in [3.8, 4) is 0 Å². The molecule has 10 heteroatoms. The lowest BCUT2D eigenvalue weighted by Gasteiger charge is -2.36. The van der Waals surface area contributed by atoms with Crippen LogP contribution < -0.4 is 5.32 Å². The summed E-state index contributed by atoms with van der Waals surface area (Å²) >= 11 is 0. The van der Waals surface area contributed by atoms with Crippen LogP contribution in [-0.2, 0) is 16.4 Å². The highest BCUT2D eigenvalue weighted by atomic mass is 19.4. The minimum absolute atomic E-state index is 0.0309. The molecule has 1 aromatic carbocycles. The van der Waals surface area contributed by atoms with Gasteiger partial charge in [-0.3, -0.25) is 14.6 Å². The van der Waals surface area contributed by atoms with Crippen molar-refractivity contribution in [2.75, 3.05) is 38.0 Å². The maximum Gasteiger partial charge on any atom is 0.418 e. The number of hydrogen-bond donors (Lipinski definition) is 1. The van der Waals surface area contributed by atoms with Gasteiger partial charge in [-0.15, -0.1) is 0 Å². The maximum atomic E-state index is 13.1. The Bertz CT molecular complexity index is 899. The first kappa shape index (κ1) is 23.2. The maximum absolute atomic E-state index is 13.1. The van der Waals surface area contributed by atoms with Crippen LogP contribution in [0.15, 0.2) is 28.8 Å². The Morgan fingerprint density at radius 3 is 2.39 bits per heavy atom. The molecule has 2 heterocycles. The molecule has 1 aromatic heterocycles. The minimum atomic E-state index is -4.52. The Morgan fingerprint density at radius 2 is 1.81 bits per heavy atom. The number of hydrogen-bond acceptors (Lipinski definition) is 6. The normalized spacial score (nSPS) is 17.5. The van der Waals surface area contributed by atoms with E-state index in [4.69, 9.17) is 4.52 Å². The van der Waals surface area contributed by atoms with Crippen molar-refractivity contribution in [2.45, 2.75) is 45.3 Å². The number of anilines is 1. The molecule has 1 unspecified atom stereocenters. The van der Waals surface area contributed by atoms with Crippen LogP contribution in [0.2, 0.25) is 0 Å². The summed E-state index contributed by atoms with van der Waals surface area (Å²) in [4.78, 5) is 20.9. The number of nitrogens with one attached hydrogen (secondary N) is 1. The fourth-order valence-electron chi connectivity index (χ4n) is 3.41. The highest BCUT2D eigenvalue weighted by Crippen LogP contribution is 2.34. The van der Waals surface area contributed by atoms with Crippen LogP contribution in [0.4, 0.5) is 18.9 Å². The van der Waals surface area contributed by atoms with Crippen LogP contribution in [0, 0.1) is 0 Å². The van der Waals surface area contributed by atoms with Gasteiger partial charge >= 0.3 is 6.18 Å². The number of benzene rings is 1. The fourth-order valence-corrected chi connectivity index (χ4v) is 3.41. The number of carbonyl (C=O) groups is 1. The van der Waals surface area contributed by atoms with E-state index in [1.54, 1.807) is 0 Å². The summed E-state index contributed by atoms with van der Waals surface area (Å²) in [6.07, 6.45) is -4.52. The smallest absolute Gasteiger partial charge is 0.338 e. The second-order valence-corrected chi connectivity index (χ2v) is 8.79. The minimum Gasteiger partial charge on any atom is -0.338 e. The molecule has 7 nitrogen and oxygen atoms in total. The molecule has 2 aromatic rings. The predicted octanol–water partition coefficient (Wildman–Crippen LogP) is 3.70. The van der Waals surface area contributed by atoms with Gasteiger partial charge in [0.2, 0.25) is 11.8 Å². The predicted molar refractivity (Wildman–Crippen MR) is 109 cm³/mol. The van der Waals surface area contributed by atoms with E-state index in [1.165, 1.54) is 18.2 Å². The lowest BCUT2D eigenvalue weighted by atomic mass is 9.96. The highest BCUT2D eigenvalue weighted by molar-refractivity contribution is 5.93. The number of aromatic nitrogens is 2. The zero-order valence-electron chi connectivity index (χ0n) is 18.2. The molecule has 1 aliphatic rings. The van der Waals surface area contributed by atoms with E-state index in [9.17, 15) is 18.0 Å². The Morgan fingerprint density at radius 1 is 1.16 bits per heavy atom. The van der Waals surface area contributed by atoms with Gasteiger partial charge in [-0.2, -0.15) is 18.2 Å². The number of piperazine rings is 1. The quantitative estimate of drug-likeness (QED) is 0.766. The van der Waals surface area contributed by atoms with Gasteiger partial charge in [-0.05, 0) is 19.1 Å². The van der Waals surface area contributed by atoms with Crippen molar-refractivity contribution in [1.29, 1.82) is 0 Å². The molecule has 1 amide bonds. The molecule has 0 aliphatic carbocycles. The molecule has 3 rings (SSSR count). The summed E-state index contributed by atoms with van der Waals surface area (Å²) in [5.41, 5.74) is -1.27. The van der Waals surface area contributed by atoms with Gasteiger partial charge in [0, 0.05) is 31.6 Å². The number of carbonyl (C=O) groups excluding carboxylic acids is 1. The molecule has 1 N–H and O–H groups in total. The first-order valence-electron chi connectivity index (χ1n) is 10.2. The van der Waals surface area contributed by atoms with Gasteiger partial charge < -0.3 is 9.84 Å². The average Bonchev–Trinajstić information content (AvgIpc) is 3.18. The Hall–Kier alpha value is -2.46. The lowest BCUT2D eigenvalue weighted by Crippen LogP contribution is -2.49. The van der Waals surface area contributed by atoms with Crippen LogP contribution in [0.5, 0.6) is 0 Å². The Balaban J connectivity index is 1.52. The zero-order valence-corrected chi connectivity index (χ0v) is 18.2. The largest absolute Gasteiger partial charge is 0.418 e. The SMILES string of the molecule is CC(c1nc(C(C)(C)C)no1)N1CCN(CC(=O)Nc2ccccc2C(F)(F)F)CC1. The first-order valence-corrected chi connectivity index (χ1v) is 10.2. The molecule has 0 radical (unpaired) electrons. The summed E-state index contributed by atoms with van der Waals surface area (Å²) < 4.78 is 44.7. The number of alkyl halides is 3. The summed E-state index contributed by atoms with van der Waals surface area (Å²) in [6, 6.07) is 4.92. The summed E-state index contributed by atoms with van der Waals surface area (Å²) in [5.74, 6) is 0.744. The first-order chi connectivity index (χ1) is 14.4. The topological polar surface area (TPSA) is 74.5 Å². The van der Waals surface area contributed by atoms with Crippen LogP contribution in [0.25, 0.3) is 0 Å². The van der Waals surface area contributed by atoms with Crippen molar-refractivity contribution in [3.05, 3.63) is 41.5 Å². The van der Waals surface area contributed by atoms with Gasteiger partial charge in [0.15, 0.2) is 5.82 Å². The van der Waals surface area contributed by atoms with Gasteiger partial charge in [-0.1, -0.05) is 38.1 Å². The van der Waals surface area contributed by atoms with E-state index in [-0.39, 0.29) is 23.7 Å². The molecule has 1 fully saturated rings. The van der Waals surface area contributed by atoms with Gasteiger partial charge in [0.25, 0.3) is 0 Å². The second kappa shape index (κ2) is 8.96. The van der Waals surface area contributed by atoms with E-state index < -0.39 is 17.6 Å². The highest BCUT2D eigenvalue weighted by Gasteiger charge is 2.34. The molecule has 0 spiro atoms. The number of amides is 1. The molecular formula is C21H28F3N5O2. The van der Waals surface area contributed by atoms with Crippen LogP contribution in [-0.4, -0.2) is 58.6 Å². The standard InChI is InChI=1S/C21H28F3N5O2/c1-14(18-26-19(27-31-18)20(2,3)4)29-11-9-28(10-12-29)13-17(30)25-16-8-6-5-7-15(16)21(22,23)24/h5-8,14H,9-13H2,1-4H3,(H,25,30). The van der Waals surface area contributed by atoms with Crippen molar-refractivity contribution >= 4 is 11.6 Å². The molecule has 1 saturated heterocycles. The Labute approximate surface area is 179 Å². The van der Waals surface area contributed by atoms with E-state index in [0.717, 1.165) is 6.07 Å². The van der Waals surface area contributed by atoms with Crippen LogP contribution in [0.1, 0.15) is 51.0 Å². The van der Waals surface area contributed by atoms with E-state index >= 15 is 0 Å². The zero-order chi connectivity index (χ0) is 22.8. The van der Waals surface area contributed by atoms with Gasteiger partial charge in [0.05, 0.1) is 23.8 Å². The fraction of sp³-hybridized carbons (Fsp3) is 0.571. The summed E-state index contributed by atoms with van der Waals surface area (Å²) in [5, 5.41) is 6.46. The lowest BCUT2D eigenvalue weighted by molar-refractivity contribution is -0.137. The van der Waals surface area contributed by atoms with Crippen molar-refractivity contribution in [3.63, 3.8) is 0 Å². The molecule has 31 heavy (non-hydrogen) atoms. The van der Waals surface area contributed by atoms with E-state index in [2.05, 4.69) is 20.4 Å². The van der Waals surface area contributed by atoms with Crippen molar-refractivity contribution in [1.82, 2.24) is 19.9 Å². The van der Waals surface area contributed by atoms with Gasteiger partial charge in [-0.25, -0.2) is 0 Å². The molecule has 1 atom stereocenters. The van der Waals surface area contributed by atoms with E-state index in [1.807, 2.05) is 32.6 Å².